The number of hydrogen-bond acceptors (Lipinski definition) is 0. The van der Waals surface area contributed by atoms with E-state index in [4.69, 9.17) is 11.6 Å². The summed E-state index contributed by atoms with van der Waals surface area (Å²) in [5.41, 5.74) is 2.17. The summed E-state index contributed by atoms with van der Waals surface area (Å²) in [6.07, 6.45) is 2.15. The number of allylic oxidation sites excluding steroid dienone is 1. The van der Waals surface area contributed by atoms with E-state index in [9.17, 15) is 4.39 Å². The Hall–Kier alpha value is -0.820. The van der Waals surface area contributed by atoms with Gasteiger partial charge in [0.2, 0.25) is 0 Å². The van der Waals surface area contributed by atoms with Crippen molar-refractivity contribution in [3.05, 3.63) is 46.8 Å². The van der Waals surface area contributed by atoms with Gasteiger partial charge in [-0.2, -0.15) is 0 Å². The monoisotopic (exact) mass is 210 g/mol. The smallest absolute Gasteiger partial charge is 0.124 e. The molecule has 14 heavy (non-hydrogen) atoms. The minimum absolute atomic E-state index is 0.0325. The summed E-state index contributed by atoms with van der Waals surface area (Å²) in [5.74, 6) is -0.281. The lowest BCUT2D eigenvalue weighted by molar-refractivity contribution is 0.626. The van der Waals surface area contributed by atoms with Gasteiger partial charge in [-0.05, 0) is 37.5 Å². The predicted molar refractivity (Wildman–Crippen MR) is 57.1 cm³/mol. The molecule has 74 valence electrons. The van der Waals surface area contributed by atoms with Gasteiger partial charge in [0.15, 0.2) is 0 Å². The molecule has 0 aromatic heterocycles. The Morgan fingerprint density at radius 2 is 2.14 bits per heavy atom. The second kappa shape index (κ2) is 3.09. The Morgan fingerprint density at radius 1 is 1.50 bits per heavy atom. The Morgan fingerprint density at radius 3 is 2.57 bits per heavy atom. The molecule has 1 aromatic carbocycles. The maximum atomic E-state index is 12.9. The minimum atomic E-state index is -0.281. The highest BCUT2D eigenvalue weighted by Gasteiger charge is 2.46. The van der Waals surface area contributed by atoms with E-state index in [1.54, 1.807) is 6.07 Å². The highest BCUT2D eigenvalue weighted by atomic mass is 35.5. The Labute approximate surface area is 88.4 Å². The molecule has 0 heterocycles. The van der Waals surface area contributed by atoms with Crippen LogP contribution in [-0.4, -0.2) is 0 Å². The maximum absolute atomic E-state index is 12.9. The van der Waals surface area contributed by atoms with Crippen molar-refractivity contribution in [2.45, 2.75) is 25.2 Å². The fourth-order valence-electron chi connectivity index (χ4n) is 1.93. The highest BCUT2D eigenvalue weighted by Crippen LogP contribution is 2.54. The van der Waals surface area contributed by atoms with E-state index in [0.29, 0.717) is 5.02 Å². The largest absolute Gasteiger partial charge is 0.207 e. The molecule has 0 nitrogen and oxygen atoms in total. The van der Waals surface area contributed by atoms with Crippen molar-refractivity contribution in [3.63, 3.8) is 0 Å². The van der Waals surface area contributed by atoms with Crippen molar-refractivity contribution in [1.29, 1.82) is 0 Å². The molecular formula is C12H12ClF. The van der Waals surface area contributed by atoms with Gasteiger partial charge in [0.25, 0.3) is 0 Å². The summed E-state index contributed by atoms with van der Waals surface area (Å²) in [5, 5.41) is 0.519. The van der Waals surface area contributed by atoms with Gasteiger partial charge in [0.1, 0.15) is 5.82 Å². The van der Waals surface area contributed by atoms with Crippen LogP contribution in [0.2, 0.25) is 5.02 Å². The number of hydrogen-bond donors (Lipinski definition) is 0. The van der Waals surface area contributed by atoms with Gasteiger partial charge in [0.05, 0.1) is 0 Å². The fraction of sp³-hybridized carbons (Fsp3) is 0.333. The predicted octanol–water partition coefficient (Wildman–Crippen LogP) is 4.09. The molecule has 2 heteroatoms. The zero-order valence-electron chi connectivity index (χ0n) is 8.11. The summed E-state index contributed by atoms with van der Waals surface area (Å²) in [4.78, 5) is 0. The number of benzene rings is 1. The summed E-state index contributed by atoms with van der Waals surface area (Å²) in [7, 11) is 0. The van der Waals surface area contributed by atoms with Crippen LogP contribution in [0.15, 0.2) is 30.4 Å². The van der Waals surface area contributed by atoms with Gasteiger partial charge in [-0.25, -0.2) is 4.39 Å². The van der Waals surface area contributed by atoms with Gasteiger partial charge < -0.3 is 0 Å². The van der Waals surface area contributed by atoms with E-state index < -0.39 is 0 Å². The SMILES string of the molecule is C=C(C)C1(c2ccc(F)cc2Cl)CC1. The van der Waals surface area contributed by atoms with Gasteiger partial charge in [-0.3, -0.25) is 0 Å². The van der Waals surface area contributed by atoms with Crippen LogP contribution >= 0.6 is 11.6 Å². The molecule has 1 aliphatic carbocycles. The second-order valence-corrected chi connectivity index (χ2v) is 4.39. The van der Waals surface area contributed by atoms with Gasteiger partial charge in [0, 0.05) is 10.4 Å². The van der Waals surface area contributed by atoms with Crippen molar-refractivity contribution in [2.24, 2.45) is 0 Å². The van der Waals surface area contributed by atoms with Crippen LogP contribution in [-0.2, 0) is 5.41 Å². The molecule has 1 aliphatic rings. The molecule has 1 aromatic rings. The molecule has 0 unspecified atom stereocenters. The molecule has 0 N–H and O–H groups in total. The second-order valence-electron chi connectivity index (χ2n) is 3.99. The highest BCUT2D eigenvalue weighted by molar-refractivity contribution is 6.31. The Kier molecular flexibility index (Phi) is 2.15. The first kappa shape index (κ1) is 9.72. The molecule has 0 saturated heterocycles. The van der Waals surface area contributed by atoms with Crippen LogP contribution in [0.4, 0.5) is 4.39 Å². The molecule has 1 saturated carbocycles. The van der Waals surface area contributed by atoms with Crippen LogP contribution < -0.4 is 0 Å². The molecule has 0 aliphatic heterocycles. The van der Waals surface area contributed by atoms with E-state index in [1.807, 2.05) is 6.92 Å². The molecule has 0 bridgehead atoms. The average Bonchev–Trinajstić information content (AvgIpc) is 2.84. The summed E-state index contributed by atoms with van der Waals surface area (Å²) >= 11 is 6.02. The quantitative estimate of drug-likeness (QED) is 0.645. The number of halogens is 2. The van der Waals surface area contributed by atoms with E-state index in [0.717, 1.165) is 24.0 Å². The average molecular weight is 211 g/mol. The minimum Gasteiger partial charge on any atom is -0.207 e. The van der Waals surface area contributed by atoms with E-state index >= 15 is 0 Å². The van der Waals surface area contributed by atoms with Gasteiger partial charge >= 0.3 is 0 Å². The van der Waals surface area contributed by atoms with Crippen LogP contribution in [0.5, 0.6) is 0 Å². The lowest BCUT2D eigenvalue weighted by Crippen LogP contribution is -2.08. The van der Waals surface area contributed by atoms with Crippen molar-refractivity contribution in [2.75, 3.05) is 0 Å². The van der Waals surface area contributed by atoms with E-state index in [1.165, 1.54) is 12.1 Å². The molecule has 0 radical (unpaired) electrons. The zero-order chi connectivity index (χ0) is 10.3. The molecule has 0 spiro atoms. The van der Waals surface area contributed by atoms with Crippen LogP contribution in [0.1, 0.15) is 25.3 Å². The molecule has 2 rings (SSSR count). The summed E-state index contributed by atoms with van der Waals surface area (Å²) in [6.45, 7) is 5.98. The van der Waals surface area contributed by atoms with Crippen molar-refractivity contribution in [3.8, 4) is 0 Å². The van der Waals surface area contributed by atoms with Crippen molar-refractivity contribution < 1.29 is 4.39 Å². The first-order valence-electron chi connectivity index (χ1n) is 4.68. The lowest BCUT2D eigenvalue weighted by Gasteiger charge is -2.17. The van der Waals surface area contributed by atoms with Crippen LogP contribution in [0, 0.1) is 5.82 Å². The Balaban J connectivity index is 2.47. The normalized spacial score (nSPS) is 17.9. The Bertz CT molecular complexity index is 391. The maximum Gasteiger partial charge on any atom is 0.124 e. The molecule has 0 atom stereocenters. The fourth-order valence-corrected chi connectivity index (χ4v) is 2.28. The van der Waals surface area contributed by atoms with Gasteiger partial charge in [-0.15, -0.1) is 0 Å². The topological polar surface area (TPSA) is 0 Å². The first-order valence-corrected chi connectivity index (χ1v) is 5.05. The number of rotatable bonds is 2. The van der Waals surface area contributed by atoms with Crippen molar-refractivity contribution >= 4 is 11.6 Å². The third-order valence-electron chi connectivity index (χ3n) is 3.01. The van der Waals surface area contributed by atoms with E-state index in [-0.39, 0.29) is 11.2 Å². The third-order valence-corrected chi connectivity index (χ3v) is 3.33. The van der Waals surface area contributed by atoms with Crippen molar-refractivity contribution in [1.82, 2.24) is 0 Å². The first-order chi connectivity index (χ1) is 6.56. The van der Waals surface area contributed by atoms with Crippen LogP contribution in [0.25, 0.3) is 0 Å². The molecule has 0 amide bonds. The standard InChI is InChI=1S/C12H12ClF/c1-8(2)12(5-6-12)10-4-3-9(14)7-11(10)13/h3-4,7H,1,5-6H2,2H3. The third kappa shape index (κ3) is 1.36. The molecule has 1 fully saturated rings. The molecular weight excluding hydrogens is 199 g/mol. The summed E-state index contributed by atoms with van der Waals surface area (Å²) in [6, 6.07) is 4.61. The van der Waals surface area contributed by atoms with E-state index in [2.05, 4.69) is 6.58 Å². The zero-order valence-corrected chi connectivity index (χ0v) is 8.87. The lowest BCUT2D eigenvalue weighted by atomic mass is 9.89. The summed E-state index contributed by atoms with van der Waals surface area (Å²) < 4.78 is 12.9. The van der Waals surface area contributed by atoms with Crippen LogP contribution in [0.3, 0.4) is 0 Å². The van der Waals surface area contributed by atoms with Gasteiger partial charge in [-0.1, -0.05) is 29.8 Å².